The molecular weight excluding hydrogens is 264 g/mol. The molecule has 0 aromatic heterocycles. The molecule has 20 heavy (non-hydrogen) atoms. The van der Waals surface area contributed by atoms with Gasteiger partial charge in [-0.25, -0.2) is 8.78 Å². The molecule has 2 aromatic rings. The van der Waals surface area contributed by atoms with E-state index in [0.717, 1.165) is 12.1 Å². The molecule has 3 nitrogen and oxygen atoms in total. The number of amides is 1. The summed E-state index contributed by atoms with van der Waals surface area (Å²) in [4.78, 5) is 11.7. The highest BCUT2D eigenvalue weighted by atomic mass is 19.1. The number of carbonyl (C=O) groups is 1. The molecule has 0 aliphatic rings. The van der Waals surface area contributed by atoms with Crippen LogP contribution in [0.25, 0.3) is 0 Å². The molecule has 1 atom stereocenters. The van der Waals surface area contributed by atoms with Gasteiger partial charge in [0.05, 0.1) is 6.10 Å². The van der Waals surface area contributed by atoms with Gasteiger partial charge in [0.1, 0.15) is 11.6 Å². The Morgan fingerprint density at radius 2 is 1.85 bits per heavy atom. The number of halogens is 2. The van der Waals surface area contributed by atoms with Gasteiger partial charge in [0, 0.05) is 23.7 Å². The first-order chi connectivity index (χ1) is 9.58. The fourth-order valence-electron chi connectivity index (χ4n) is 1.76. The van der Waals surface area contributed by atoms with Gasteiger partial charge in [-0.2, -0.15) is 0 Å². The number of aliphatic hydroxyl groups is 1. The van der Waals surface area contributed by atoms with Crippen LogP contribution < -0.4 is 5.32 Å². The summed E-state index contributed by atoms with van der Waals surface area (Å²) in [6.07, 6.45) is -1.23. The Labute approximate surface area is 114 Å². The molecule has 1 amide bonds. The third kappa shape index (κ3) is 3.39. The molecule has 0 saturated heterocycles. The van der Waals surface area contributed by atoms with Crippen molar-refractivity contribution in [3.05, 3.63) is 71.3 Å². The molecule has 0 spiro atoms. The maximum Gasteiger partial charge on any atom is 0.251 e. The zero-order valence-corrected chi connectivity index (χ0v) is 10.5. The van der Waals surface area contributed by atoms with Gasteiger partial charge < -0.3 is 10.4 Å². The number of carbonyl (C=O) groups excluding carboxylic acids is 1. The Balaban J connectivity index is 1.98. The maximum absolute atomic E-state index is 13.4. The van der Waals surface area contributed by atoms with Gasteiger partial charge >= 0.3 is 0 Å². The van der Waals surface area contributed by atoms with Crippen LogP contribution in [-0.2, 0) is 0 Å². The number of benzene rings is 2. The van der Waals surface area contributed by atoms with E-state index in [9.17, 15) is 18.7 Å². The monoisotopic (exact) mass is 277 g/mol. The smallest absolute Gasteiger partial charge is 0.251 e. The minimum absolute atomic E-state index is 0.0558. The Kier molecular flexibility index (Phi) is 4.42. The van der Waals surface area contributed by atoms with Crippen LogP contribution in [0, 0.1) is 11.6 Å². The number of hydrogen-bond donors (Lipinski definition) is 2. The predicted molar refractivity (Wildman–Crippen MR) is 70.1 cm³/mol. The second-order valence-electron chi connectivity index (χ2n) is 4.26. The molecule has 1 unspecified atom stereocenters. The summed E-state index contributed by atoms with van der Waals surface area (Å²) in [6.45, 7) is -0.156. The lowest BCUT2D eigenvalue weighted by molar-refractivity contribution is 0.0914. The van der Waals surface area contributed by atoms with Crippen LogP contribution in [0.3, 0.4) is 0 Å². The van der Waals surface area contributed by atoms with Crippen LogP contribution in [0.15, 0.2) is 48.5 Å². The van der Waals surface area contributed by atoms with E-state index >= 15 is 0 Å². The lowest BCUT2D eigenvalue weighted by Gasteiger charge is -2.13. The van der Waals surface area contributed by atoms with Crippen molar-refractivity contribution < 1.29 is 18.7 Å². The Bertz CT molecular complexity index is 602. The minimum Gasteiger partial charge on any atom is -0.386 e. The molecular formula is C15H13F2NO2. The molecule has 2 rings (SSSR count). The summed E-state index contributed by atoms with van der Waals surface area (Å²) in [5.74, 6) is -1.93. The van der Waals surface area contributed by atoms with Crippen molar-refractivity contribution in [2.75, 3.05) is 6.54 Å². The first-order valence-corrected chi connectivity index (χ1v) is 6.04. The average Bonchev–Trinajstić information content (AvgIpc) is 2.45. The highest BCUT2D eigenvalue weighted by Gasteiger charge is 2.15. The SMILES string of the molecule is O=C(NCC(O)c1ccc(F)cc1F)c1ccccc1. The third-order valence-electron chi connectivity index (χ3n) is 2.81. The van der Waals surface area contributed by atoms with Crippen molar-refractivity contribution in [1.29, 1.82) is 0 Å². The zero-order valence-electron chi connectivity index (χ0n) is 10.5. The van der Waals surface area contributed by atoms with Crippen molar-refractivity contribution in [3.8, 4) is 0 Å². The summed E-state index contributed by atoms with van der Waals surface area (Å²) in [7, 11) is 0. The number of nitrogens with one attached hydrogen (secondary N) is 1. The maximum atomic E-state index is 13.4. The number of rotatable bonds is 4. The third-order valence-corrected chi connectivity index (χ3v) is 2.81. The lowest BCUT2D eigenvalue weighted by Crippen LogP contribution is -2.28. The van der Waals surface area contributed by atoms with Gasteiger partial charge in [-0.3, -0.25) is 4.79 Å². The van der Waals surface area contributed by atoms with Crippen LogP contribution in [-0.4, -0.2) is 17.6 Å². The molecule has 0 saturated carbocycles. The minimum atomic E-state index is -1.23. The Morgan fingerprint density at radius 3 is 2.50 bits per heavy atom. The van der Waals surface area contributed by atoms with Crippen LogP contribution in [0.2, 0.25) is 0 Å². The summed E-state index contributed by atoms with van der Waals surface area (Å²) in [6, 6.07) is 11.4. The molecule has 5 heteroatoms. The van der Waals surface area contributed by atoms with E-state index in [1.807, 2.05) is 0 Å². The van der Waals surface area contributed by atoms with Crippen LogP contribution in [0.5, 0.6) is 0 Å². The average molecular weight is 277 g/mol. The van der Waals surface area contributed by atoms with E-state index in [0.29, 0.717) is 11.6 Å². The van der Waals surface area contributed by atoms with Gasteiger partial charge in [0.2, 0.25) is 0 Å². The Morgan fingerprint density at radius 1 is 1.15 bits per heavy atom. The van der Waals surface area contributed by atoms with Gasteiger partial charge in [-0.1, -0.05) is 24.3 Å². The van der Waals surface area contributed by atoms with Crippen molar-refractivity contribution in [1.82, 2.24) is 5.32 Å². The molecule has 0 aliphatic carbocycles. The molecule has 0 radical (unpaired) electrons. The first-order valence-electron chi connectivity index (χ1n) is 6.04. The van der Waals surface area contributed by atoms with Gasteiger partial charge in [0.25, 0.3) is 5.91 Å². The molecule has 0 bridgehead atoms. The lowest BCUT2D eigenvalue weighted by atomic mass is 10.1. The van der Waals surface area contributed by atoms with E-state index < -0.39 is 17.7 Å². The van der Waals surface area contributed by atoms with Crippen LogP contribution in [0.4, 0.5) is 8.78 Å². The van der Waals surface area contributed by atoms with Crippen molar-refractivity contribution >= 4 is 5.91 Å². The first kappa shape index (κ1) is 14.1. The summed E-state index contributed by atoms with van der Waals surface area (Å²) >= 11 is 0. The van der Waals surface area contributed by atoms with E-state index in [-0.39, 0.29) is 18.0 Å². The normalized spacial score (nSPS) is 11.9. The molecule has 104 valence electrons. The van der Waals surface area contributed by atoms with Crippen LogP contribution in [0.1, 0.15) is 22.0 Å². The predicted octanol–water partition coefficient (Wildman–Crippen LogP) is 2.43. The summed E-state index contributed by atoms with van der Waals surface area (Å²) in [5.41, 5.74) is 0.388. The van der Waals surface area contributed by atoms with E-state index in [1.54, 1.807) is 30.3 Å². The molecule has 0 aliphatic heterocycles. The fourth-order valence-corrected chi connectivity index (χ4v) is 1.76. The van der Waals surface area contributed by atoms with Gasteiger partial charge in [-0.05, 0) is 18.2 Å². The topological polar surface area (TPSA) is 49.3 Å². The molecule has 2 N–H and O–H groups in total. The summed E-state index contributed by atoms with van der Waals surface area (Å²) in [5, 5.41) is 12.3. The Hall–Kier alpha value is -2.27. The molecule has 0 fully saturated rings. The van der Waals surface area contributed by atoms with Crippen molar-refractivity contribution in [2.24, 2.45) is 0 Å². The summed E-state index contributed by atoms with van der Waals surface area (Å²) < 4.78 is 26.2. The number of hydrogen-bond acceptors (Lipinski definition) is 2. The highest BCUT2D eigenvalue weighted by molar-refractivity contribution is 5.94. The van der Waals surface area contributed by atoms with Gasteiger partial charge in [-0.15, -0.1) is 0 Å². The van der Waals surface area contributed by atoms with E-state index in [4.69, 9.17) is 0 Å². The second-order valence-corrected chi connectivity index (χ2v) is 4.26. The number of aliphatic hydroxyl groups excluding tert-OH is 1. The molecule has 0 heterocycles. The van der Waals surface area contributed by atoms with Crippen molar-refractivity contribution in [3.63, 3.8) is 0 Å². The highest BCUT2D eigenvalue weighted by Crippen LogP contribution is 2.17. The van der Waals surface area contributed by atoms with Crippen molar-refractivity contribution in [2.45, 2.75) is 6.10 Å². The van der Waals surface area contributed by atoms with Crippen LogP contribution >= 0.6 is 0 Å². The standard InChI is InChI=1S/C15H13F2NO2/c16-11-6-7-12(13(17)8-11)14(19)9-18-15(20)10-4-2-1-3-5-10/h1-8,14,19H,9H2,(H,18,20). The second kappa shape index (κ2) is 6.25. The molecule has 2 aromatic carbocycles. The fraction of sp³-hybridized carbons (Fsp3) is 0.133. The zero-order chi connectivity index (χ0) is 14.5. The quantitative estimate of drug-likeness (QED) is 0.901. The largest absolute Gasteiger partial charge is 0.386 e. The van der Waals surface area contributed by atoms with E-state index in [2.05, 4.69) is 5.32 Å². The van der Waals surface area contributed by atoms with Gasteiger partial charge in [0.15, 0.2) is 0 Å². The van der Waals surface area contributed by atoms with E-state index in [1.165, 1.54) is 0 Å².